The first-order chi connectivity index (χ1) is 14.5. The van der Waals surface area contributed by atoms with Crippen LogP contribution in [0.2, 0.25) is 0 Å². The molecule has 30 heavy (non-hydrogen) atoms. The van der Waals surface area contributed by atoms with Gasteiger partial charge in [-0.3, -0.25) is 14.8 Å². The Labute approximate surface area is 176 Å². The molecule has 2 aliphatic rings. The molecule has 4 rings (SSSR count). The van der Waals surface area contributed by atoms with Crippen molar-refractivity contribution in [1.29, 1.82) is 0 Å². The van der Waals surface area contributed by atoms with Crippen LogP contribution in [0.4, 0.5) is 0 Å². The third-order valence-electron chi connectivity index (χ3n) is 5.39. The lowest BCUT2D eigenvalue weighted by Crippen LogP contribution is -2.38. The van der Waals surface area contributed by atoms with E-state index in [1.54, 1.807) is 24.4 Å². The fourth-order valence-electron chi connectivity index (χ4n) is 3.71. The highest BCUT2D eigenvalue weighted by molar-refractivity contribution is 6.55. The number of carbonyl (C=O) groups excluding carboxylic acids is 1. The lowest BCUT2D eigenvalue weighted by Gasteiger charge is -2.28. The summed E-state index contributed by atoms with van der Waals surface area (Å²) in [5.74, 6) is 1.92. The normalized spacial score (nSPS) is 17.9. The van der Waals surface area contributed by atoms with E-state index in [0.717, 1.165) is 37.2 Å². The van der Waals surface area contributed by atoms with E-state index in [4.69, 9.17) is 22.1 Å². The maximum absolute atomic E-state index is 12.3. The summed E-state index contributed by atoms with van der Waals surface area (Å²) in [6.07, 6.45) is 10.3. The molecule has 1 spiro atoms. The van der Waals surface area contributed by atoms with E-state index >= 15 is 0 Å². The molecule has 0 atom stereocenters. The maximum Gasteiger partial charge on any atom is 0.249 e. The average molecular weight is 397 g/mol. The topological polar surface area (TPSA) is 92.7 Å². The number of nitrogens with two attached hydrogens (primary N) is 1. The summed E-state index contributed by atoms with van der Waals surface area (Å²) in [7, 11) is 0. The number of allylic oxidation sites excluding steroid dienone is 1. The molecule has 0 aliphatic carbocycles. The fourth-order valence-corrected chi connectivity index (χ4v) is 3.71. The smallest absolute Gasteiger partial charge is 0.249 e. The highest BCUT2D eigenvalue weighted by Gasteiger charge is 2.37. The van der Waals surface area contributed by atoms with Crippen LogP contribution in [-0.2, 0) is 4.79 Å². The molecule has 0 bridgehead atoms. The second-order valence-corrected chi connectivity index (χ2v) is 7.55. The van der Waals surface area contributed by atoms with Crippen molar-refractivity contribution in [2.75, 3.05) is 13.1 Å². The number of nitrogens with one attached hydrogen (secondary N) is 1. The van der Waals surface area contributed by atoms with Gasteiger partial charge in [-0.15, -0.1) is 6.42 Å². The number of terminal acetylenes is 1. The van der Waals surface area contributed by atoms with Crippen molar-refractivity contribution in [3.63, 3.8) is 0 Å². The number of rotatable bonds is 4. The number of primary amides is 1. The van der Waals surface area contributed by atoms with Crippen LogP contribution < -0.4 is 11.1 Å². The third kappa shape index (κ3) is 3.93. The number of benzene rings is 1. The van der Waals surface area contributed by atoms with E-state index in [1.807, 2.05) is 31.2 Å². The summed E-state index contributed by atoms with van der Waals surface area (Å²) in [5.41, 5.74) is 10.2. The molecule has 6 heteroatoms. The van der Waals surface area contributed by atoms with Gasteiger partial charge in [0.1, 0.15) is 5.69 Å². The van der Waals surface area contributed by atoms with Gasteiger partial charge in [0.25, 0.3) is 0 Å². The number of piperidine rings is 1. The Balaban J connectivity index is 1.80. The SMILES string of the molecule is C#Cc1ccc(C(=CC2=NC3(CCNCC3)N=C2c2ccc(C)cc2)C(N)=O)cn1. The minimum absolute atomic E-state index is 0.329. The summed E-state index contributed by atoms with van der Waals surface area (Å²) < 4.78 is 0. The molecule has 3 N–H and O–H groups in total. The molecule has 2 aliphatic heterocycles. The predicted octanol–water partition coefficient (Wildman–Crippen LogP) is 2.26. The number of aliphatic imine (C=N–C) groups is 2. The maximum atomic E-state index is 12.3. The molecular weight excluding hydrogens is 374 g/mol. The van der Waals surface area contributed by atoms with Crippen LogP contribution in [0.3, 0.4) is 0 Å². The number of hydrogen-bond acceptors (Lipinski definition) is 5. The molecule has 1 aromatic heterocycles. The van der Waals surface area contributed by atoms with Gasteiger partial charge in [0.15, 0.2) is 5.66 Å². The number of aryl methyl sites for hydroxylation is 1. The monoisotopic (exact) mass is 397 g/mol. The first-order valence-electron chi connectivity index (χ1n) is 9.92. The van der Waals surface area contributed by atoms with Gasteiger partial charge in [0, 0.05) is 30.2 Å². The Morgan fingerprint density at radius 1 is 1.17 bits per heavy atom. The molecule has 150 valence electrons. The van der Waals surface area contributed by atoms with Gasteiger partial charge in [-0.05, 0) is 38.2 Å². The van der Waals surface area contributed by atoms with Crippen LogP contribution in [-0.4, -0.2) is 41.1 Å². The molecule has 0 unspecified atom stereocenters. The minimum atomic E-state index is -0.553. The Morgan fingerprint density at radius 2 is 1.90 bits per heavy atom. The van der Waals surface area contributed by atoms with Gasteiger partial charge in [-0.1, -0.05) is 35.7 Å². The second-order valence-electron chi connectivity index (χ2n) is 7.55. The molecule has 1 amide bonds. The van der Waals surface area contributed by atoms with E-state index in [9.17, 15) is 4.79 Å². The van der Waals surface area contributed by atoms with E-state index < -0.39 is 11.6 Å². The van der Waals surface area contributed by atoms with Crippen molar-refractivity contribution in [2.24, 2.45) is 15.7 Å². The Morgan fingerprint density at radius 3 is 2.50 bits per heavy atom. The van der Waals surface area contributed by atoms with Crippen LogP contribution in [0.5, 0.6) is 0 Å². The van der Waals surface area contributed by atoms with Crippen molar-refractivity contribution in [3.05, 3.63) is 71.1 Å². The van der Waals surface area contributed by atoms with Crippen molar-refractivity contribution < 1.29 is 4.79 Å². The lowest BCUT2D eigenvalue weighted by molar-refractivity contribution is -0.112. The van der Waals surface area contributed by atoms with Gasteiger partial charge in [0.05, 0.1) is 17.0 Å². The number of amides is 1. The predicted molar refractivity (Wildman–Crippen MR) is 119 cm³/mol. The molecule has 3 heterocycles. The van der Waals surface area contributed by atoms with Gasteiger partial charge < -0.3 is 11.1 Å². The van der Waals surface area contributed by atoms with Crippen molar-refractivity contribution in [3.8, 4) is 12.3 Å². The van der Waals surface area contributed by atoms with Gasteiger partial charge >= 0.3 is 0 Å². The largest absolute Gasteiger partial charge is 0.366 e. The zero-order valence-electron chi connectivity index (χ0n) is 16.9. The summed E-state index contributed by atoms with van der Waals surface area (Å²) in [5, 5.41) is 3.36. The summed E-state index contributed by atoms with van der Waals surface area (Å²) in [4.78, 5) is 26.5. The molecule has 0 saturated carbocycles. The van der Waals surface area contributed by atoms with Crippen LogP contribution in [0.1, 0.15) is 35.2 Å². The van der Waals surface area contributed by atoms with E-state index in [0.29, 0.717) is 22.5 Å². The van der Waals surface area contributed by atoms with E-state index in [1.165, 1.54) is 5.56 Å². The van der Waals surface area contributed by atoms with Crippen LogP contribution in [0.15, 0.2) is 58.7 Å². The summed E-state index contributed by atoms with van der Waals surface area (Å²) in [6.45, 7) is 3.75. The molecule has 2 aromatic rings. The number of pyridine rings is 1. The Bertz CT molecular complexity index is 1100. The standard InChI is InChI=1S/C24H23N5O/c1-3-19-9-8-18(15-27-19)20(23(25)30)14-21-22(17-6-4-16(2)5-7-17)29-24(28-21)10-12-26-13-11-24/h1,4-9,14-15,26H,10-13H2,2H3,(H2,25,30). The first kappa shape index (κ1) is 19.7. The Kier molecular flexibility index (Phi) is 5.30. The molecule has 0 radical (unpaired) electrons. The molecule has 1 saturated heterocycles. The van der Waals surface area contributed by atoms with E-state index in [-0.39, 0.29) is 0 Å². The molecule has 1 fully saturated rings. The van der Waals surface area contributed by atoms with Crippen molar-refractivity contribution in [2.45, 2.75) is 25.4 Å². The lowest BCUT2D eigenvalue weighted by atomic mass is 10.00. The van der Waals surface area contributed by atoms with Crippen molar-refractivity contribution in [1.82, 2.24) is 10.3 Å². The highest BCUT2D eigenvalue weighted by atomic mass is 16.1. The Hall–Kier alpha value is -3.56. The molecular formula is C24H23N5O. The fraction of sp³-hybridized carbons (Fsp3) is 0.250. The molecule has 1 aromatic carbocycles. The van der Waals surface area contributed by atoms with Crippen molar-refractivity contribution >= 4 is 22.9 Å². The van der Waals surface area contributed by atoms with E-state index in [2.05, 4.69) is 16.2 Å². The zero-order valence-corrected chi connectivity index (χ0v) is 16.9. The van der Waals surface area contributed by atoms with Crippen LogP contribution >= 0.6 is 0 Å². The second kappa shape index (κ2) is 8.05. The van der Waals surface area contributed by atoms with Gasteiger partial charge in [-0.2, -0.15) is 0 Å². The molecule has 6 nitrogen and oxygen atoms in total. The zero-order chi connectivity index (χ0) is 21.1. The third-order valence-corrected chi connectivity index (χ3v) is 5.39. The van der Waals surface area contributed by atoms with Crippen LogP contribution in [0.25, 0.3) is 5.57 Å². The number of nitrogens with zero attached hydrogens (tertiary/aromatic N) is 3. The van der Waals surface area contributed by atoms with Gasteiger partial charge in [0.2, 0.25) is 5.91 Å². The highest BCUT2D eigenvalue weighted by Crippen LogP contribution is 2.32. The summed E-state index contributed by atoms with van der Waals surface area (Å²) in [6, 6.07) is 11.6. The number of aromatic nitrogens is 1. The summed E-state index contributed by atoms with van der Waals surface area (Å²) >= 11 is 0. The van der Waals surface area contributed by atoms with Crippen LogP contribution in [0, 0.1) is 19.3 Å². The number of carbonyl (C=O) groups is 1. The number of hydrogen-bond donors (Lipinski definition) is 2. The minimum Gasteiger partial charge on any atom is -0.366 e. The first-order valence-corrected chi connectivity index (χ1v) is 9.92. The quantitative estimate of drug-likeness (QED) is 0.612. The average Bonchev–Trinajstić information content (AvgIpc) is 3.10. The van der Waals surface area contributed by atoms with Gasteiger partial charge in [-0.25, -0.2) is 4.98 Å².